The molecule has 1 saturated heterocycles. The molecule has 1 amide bonds. The topological polar surface area (TPSA) is 56.5 Å². The van der Waals surface area contributed by atoms with Crippen LogP contribution >= 0.6 is 0 Å². The van der Waals surface area contributed by atoms with E-state index in [9.17, 15) is 10.1 Å². The number of nitriles is 1. The van der Waals surface area contributed by atoms with Crippen molar-refractivity contribution in [2.45, 2.75) is 26.7 Å². The Morgan fingerprint density at radius 2 is 1.95 bits per heavy atom. The smallest absolute Gasteiger partial charge is 0.233 e. The summed E-state index contributed by atoms with van der Waals surface area (Å²) in [5.74, 6) is 0.437. The molecule has 0 radical (unpaired) electrons. The summed E-state index contributed by atoms with van der Waals surface area (Å²) < 4.78 is 0. The second-order valence-corrected chi connectivity index (χ2v) is 5.73. The number of rotatable bonds is 3. The van der Waals surface area contributed by atoms with Gasteiger partial charge in [0.25, 0.3) is 0 Å². The van der Waals surface area contributed by atoms with Crippen LogP contribution in [0.2, 0.25) is 0 Å². The number of aliphatic imine (C=N–C) groups is 1. The number of amides is 1. The molecule has 0 spiro atoms. The second-order valence-electron chi connectivity index (χ2n) is 5.73. The van der Waals surface area contributed by atoms with Crippen molar-refractivity contribution in [1.82, 2.24) is 4.90 Å². The van der Waals surface area contributed by atoms with Crippen LogP contribution in [0.15, 0.2) is 29.3 Å². The highest BCUT2D eigenvalue weighted by molar-refractivity contribution is 6.17. The van der Waals surface area contributed by atoms with Gasteiger partial charge in [0.2, 0.25) is 5.91 Å². The van der Waals surface area contributed by atoms with Crippen molar-refractivity contribution in [3.63, 3.8) is 0 Å². The number of nitrogens with zero attached hydrogens (tertiary/aromatic N) is 3. The largest absolute Gasteiger partial charge is 0.299 e. The average Bonchev–Trinajstić information content (AvgIpc) is 3.11. The minimum atomic E-state index is -0.738. The van der Waals surface area contributed by atoms with Gasteiger partial charge < -0.3 is 0 Å². The standard InChI is InChI=1S/C17H19N3O/c1-4-19-16-17(10-18)13(12-8-6-11(3)7-9-12)14(17)15(21)20(16)5-2/h6-9,13-14H,4-5H2,1-3H3/t13-,14+,17+/m1/s1. The van der Waals surface area contributed by atoms with E-state index < -0.39 is 5.41 Å². The van der Waals surface area contributed by atoms with Gasteiger partial charge in [0.05, 0.1) is 12.0 Å². The van der Waals surface area contributed by atoms with E-state index in [0.29, 0.717) is 18.9 Å². The van der Waals surface area contributed by atoms with Crippen LogP contribution < -0.4 is 0 Å². The molecule has 1 aromatic rings. The van der Waals surface area contributed by atoms with Crippen LogP contribution in [0.1, 0.15) is 30.9 Å². The number of aryl methyl sites for hydroxylation is 1. The first-order chi connectivity index (χ1) is 10.1. The zero-order valence-electron chi connectivity index (χ0n) is 12.6. The molecule has 0 aromatic heterocycles. The van der Waals surface area contributed by atoms with Crippen LogP contribution in [0, 0.1) is 29.6 Å². The number of carbonyl (C=O) groups is 1. The molecule has 1 aliphatic heterocycles. The van der Waals surface area contributed by atoms with E-state index >= 15 is 0 Å². The van der Waals surface area contributed by atoms with Crippen LogP contribution in [0.4, 0.5) is 0 Å². The third-order valence-corrected chi connectivity index (χ3v) is 4.61. The van der Waals surface area contributed by atoms with Crippen LogP contribution in [-0.2, 0) is 4.79 Å². The van der Waals surface area contributed by atoms with Crippen LogP contribution in [-0.4, -0.2) is 29.7 Å². The summed E-state index contributed by atoms with van der Waals surface area (Å²) in [5.41, 5.74) is 1.51. The van der Waals surface area contributed by atoms with E-state index in [-0.39, 0.29) is 17.7 Å². The summed E-state index contributed by atoms with van der Waals surface area (Å²) in [4.78, 5) is 18.7. The number of amidine groups is 1. The summed E-state index contributed by atoms with van der Waals surface area (Å²) in [5, 5.41) is 9.77. The van der Waals surface area contributed by atoms with E-state index in [2.05, 4.69) is 11.1 Å². The minimum absolute atomic E-state index is 0.0382. The lowest BCUT2D eigenvalue weighted by Crippen LogP contribution is -2.36. The maximum atomic E-state index is 12.6. The normalized spacial score (nSPS) is 32.2. The Labute approximate surface area is 125 Å². The van der Waals surface area contributed by atoms with Crippen molar-refractivity contribution in [2.24, 2.45) is 16.3 Å². The Bertz CT molecular complexity index is 656. The van der Waals surface area contributed by atoms with Crippen molar-refractivity contribution >= 4 is 11.7 Å². The molecule has 1 heterocycles. The Hall–Kier alpha value is -2.15. The number of hydrogen-bond acceptors (Lipinski definition) is 3. The molecule has 108 valence electrons. The fraction of sp³-hybridized carbons (Fsp3) is 0.471. The van der Waals surface area contributed by atoms with Crippen molar-refractivity contribution in [1.29, 1.82) is 5.26 Å². The maximum absolute atomic E-state index is 12.6. The summed E-state index contributed by atoms with van der Waals surface area (Å²) in [6.07, 6.45) is 0. The highest BCUT2D eigenvalue weighted by atomic mass is 16.2. The molecule has 0 bridgehead atoms. The van der Waals surface area contributed by atoms with Gasteiger partial charge in [0, 0.05) is 19.0 Å². The van der Waals surface area contributed by atoms with E-state index in [1.165, 1.54) is 5.56 Å². The van der Waals surface area contributed by atoms with Crippen LogP contribution in [0.5, 0.6) is 0 Å². The lowest BCUT2D eigenvalue weighted by molar-refractivity contribution is -0.127. The highest BCUT2D eigenvalue weighted by Gasteiger charge is 2.78. The van der Waals surface area contributed by atoms with Gasteiger partial charge in [-0.05, 0) is 26.3 Å². The second kappa shape index (κ2) is 4.70. The van der Waals surface area contributed by atoms with Gasteiger partial charge in [-0.25, -0.2) is 0 Å². The van der Waals surface area contributed by atoms with Gasteiger partial charge in [0.1, 0.15) is 11.3 Å². The summed E-state index contributed by atoms with van der Waals surface area (Å²) in [7, 11) is 0. The molecule has 1 aromatic carbocycles. The fourth-order valence-corrected chi connectivity index (χ4v) is 3.59. The molecule has 1 saturated carbocycles. The lowest BCUT2D eigenvalue weighted by atomic mass is 9.98. The number of carbonyl (C=O) groups excluding carboxylic acids is 1. The predicted molar refractivity (Wildman–Crippen MR) is 80.8 cm³/mol. The molecule has 4 nitrogen and oxygen atoms in total. The maximum Gasteiger partial charge on any atom is 0.233 e. The van der Waals surface area contributed by atoms with Crippen molar-refractivity contribution in [3.05, 3.63) is 35.4 Å². The molecule has 2 aliphatic rings. The lowest BCUT2D eigenvalue weighted by Gasteiger charge is -2.22. The Morgan fingerprint density at radius 1 is 1.29 bits per heavy atom. The van der Waals surface area contributed by atoms with Crippen LogP contribution in [0.25, 0.3) is 0 Å². The molecule has 3 rings (SSSR count). The number of likely N-dealkylation sites (tertiary alicyclic amines) is 1. The molecule has 21 heavy (non-hydrogen) atoms. The molecule has 1 aliphatic carbocycles. The SMILES string of the molecule is CCN=C1N(CC)C(=O)[C@@H]2[C@@H](c3ccc(C)cc3)[C@]12C#N. The van der Waals surface area contributed by atoms with Gasteiger partial charge in [0.15, 0.2) is 0 Å². The molecular formula is C17H19N3O. The Kier molecular flexibility index (Phi) is 3.09. The first-order valence-corrected chi connectivity index (χ1v) is 7.45. The third kappa shape index (κ3) is 1.67. The summed E-state index contributed by atoms with van der Waals surface area (Å²) in [6, 6.07) is 10.5. The van der Waals surface area contributed by atoms with Crippen molar-refractivity contribution < 1.29 is 4.79 Å². The molecular weight excluding hydrogens is 262 g/mol. The number of piperidine rings is 1. The zero-order valence-corrected chi connectivity index (χ0v) is 12.6. The van der Waals surface area contributed by atoms with Gasteiger partial charge in [-0.15, -0.1) is 0 Å². The first-order valence-electron chi connectivity index (χ1n) is 7.45. The summed E-state index contributed by atoms with van der Waals surface area (Å²) >= 11 is 0. The van der Waals surface area contributed by atoms with E-state index in [0.717, 1.165) is 5.56 Å². The van der Waals surface area contributed by atoms with Gasteiger partial charge >= 0.3 is 0 Å². The van der Waals surface area contributed by atoms with Crippen LogP contribution in [0.3, 0.4) is 0 Å². The summed E-state index contributed by atoms with van der Waals surface area (Å²) in [6.45, 7) is 7.08. The van der Waals surface area contributed by atoms with Crippen molar-refractivity contribution in [2.75, 3.05) is 13.1 Å². The molecule has 3 atom stereocenters. The van der Waals surface area contributed by atoms with Gasteiger partial charge in [-0.2, -0.15) is 5.26 Å². The zero-order chi connectivity index (χ0) is 15.2. The number of hydrogen-bond donors (Lipinski definition) is 0. The first kappa shape index (κ1) is 13.8. The average molecular weight is 281 g/mol. The van der Waals surface area contributed by atoms with Crippen molar-refractivity contribution in [3.8, 4) is 6.07 Å². The Balaban J connectivity index is 2.06. The molecule has 4 heteroatoms. The molecule has 2 fully saturated rings. The molecule has 0 unspecified atom stereocenters. The van der Waals surface area contributed by atoms with Gasteiger partial charge in [-0.3, -0.25) is 14.7 Å². The predicted octanol–water partition coefficient (Wildman–Crippen LogP) is 2.50. The monoisotopic (exact) mass is 281 g/mol. The highest BCUT2D eigenvalue weighted by Crippen LogP contribution is 2.69. The quantitative estimate of drug-likeness (QED) is 0.854. The fourth-order valence-electron chi connectivity index (χ4n) is 3.59. The Morgan fingerprint density at radius 3 is 2.48 bits per heavy atom. The number of benzene rings is 1. The minimum Gasteiger partial charge on any atom is -0.299 e. The van der Waals surface area contributed by atoms with Gasteiger partial charge in [-0.1, -0.05) is 29.8 Å². The van der Waals surface area contributed by atoms with E-state index in [4.69, 9.17) is 0 Å². The van der Waals surface area contributed by atoms with E-state index in [1.54, 1.807) is 4.90 Å². The number of fused-ring (bicyclic) bond motifs is 1. The molecule has 0 N–H and O–H groups in total. The van der Waals surface area contributed by atoms with E-state index in [1.807, 2.05) is 45.0 Å². The third-order valence-electron chi connectivity index (χ3n) is 4.61.